The Morgan fingerprint density at radius 3 is 0.988 bits per heavy atom. The first kappa shape index (κ1) is 84.2. The molecule has 0 spiro atoms. The number of aliphatic hydroxyl groups is 4. The van der Waals surface area contributed by atoms with Crippen molar-refractivity contribution >= 4 is 113 Å². The smallest absolute Gasteiger partial charge is 0.385 e. The van der Waals surface area contributed by atoms with Gasteiger partial charge in [0.05, 0.1) is 19.8 Å². The van der Waals surface area contributed by atoms with Crippen LogP contribution in [0, 0.1) is 21.7 Å². The average molecular weight is 1340 g/mol. The molecule has 4 atom stereocenters. The van der Waals surface area contributed by atoms with Crippen molar-refractivity contribution in [3.63, 3.8) is 0 Å². The van der Waals surface area contributed by atoms with E-state index < -0.39 is 113 Å². The molecule has 0 saturated heterocycles. The quantitative estimate of drug-likeness (QED) is 0.0236. The van der Waals surface area contributed by atoms with E-state index in [-0.39, 0.29) is 87.8 Å². The molecule has 0 aromatic rings. The highest BCUT2D eigenvalue weighted by Gasteiger charge is 2.38. The number of rotatable bonds is 48. The number of ketones is 4. The number of amides is 4. The van der Waals surface area contributed by atoms with Crippen LogP contribution < -0.4 is 21.3 Å². The van der Waals surface area contributed by atoms with Crippen LogP contribution in [0.3, 0.4) is 0 Å². The third-order valence-corrected chi connectivity index (χ3v) is 18.8. The van der Waals surface area contributed by atoms with E-state index in [4.69, 9.17) is 29.4 Å². The largest absolute Gasteiger partial charge is 0.469 e. The molecule has 0 rings (SSSR count). The summed E-state index contributed by atoms with van der Waals surface area (Å²) in [6, 6.07) is 0. The number of Topliss-reactive ketones (excluding diaryl/α,β-unsaturated/α-hetero) is 4. The summed E-state index contributed by atoms with van der Waals surface area (Å²) in [4.78, 5) is 149. The summed E-state index contributed by atoms with van der Waals surface area (Å²) in [5.74, 6) is -0.115. The van der Waals surface area contributed by atoms with Crippen LogP contribution in [0.4, 0.5) is 0 Å². The molecule has 35 heteroatoms. The van der Waals surface area contributed by atoms with Gasteiger partial charge in [0.15, 0.2) is 11.6 Å². The molecule has 0 unspecified atom stereocenters. The van der Waals surface area contributed by atoms with Crippen LogP contribution in [-0.4, -0.2) is 190 Å². The van der Waals surface area contributed by atoms with Gasteiger partial charge in [-0.25, -0.2) is 13.7 Å². The second-order valence-corrected chi connectivity index (χ2v) is 31.3. The van der Waals surface area contributed by atoms with Crippen molar-refractivity contribution in [2.24, 2.45) is 21.7 Å². The van der Waals surface area contributed by atoms with Gasteiger partial charge in [-0.3, -0.25) is 51.9 Å². The van der Waals surface area contributed by atoms with Crippen molar-refractivity contribution in [1.29, 1.82) is 0 Å². The Morgan fingerprint density at radius 2 is 0.679 bits per heavy atom. The predicted octanol–water partition coefficient (Wildman–Crippen LogP) is 3.44. The summed E-state index contributed by atoms with van der Waals surface area (Å²) in [6.07, 6.45) is -2.13. The van der Waals surface area contributed by atoms with Gasteiger partial charge >= 0.3 is 23.5 Å². The molecule has 14 N–H and O–H groups in total. The van der Waals surface area contributed by atoms with Gasteiger partial charge in [-0.15, -0.1) is 0 Å². The molecular weight excluding hydrogens is 1250 g/mol. The van der Waals surface area contributed by atoms with Crippen LogP contribution in [0.15, 0.2) is 0 Å². The van der Waals surface area contributed by atoms with Gasteiger partial charge in [-0.05, 0) is 37.5 Å². The Hall–Kier alpha value is -1.87. The van der Waals surface area contributed by atoms with E-state index in [0.29, 0.717) is 62.5 Å². The Morgan fingerprint density at radius 1 is 0.393 bits per heavy atom. The topological polar surface area (TPSA) is 466 Å². The van der Waals surface area contributed by atoms with Crippen molar-refractivity contribution in [3.05, 3.63) is 0 Å². The molecule has 84 heavy (non-hydrogen) atoms. The zero-order valence-corrected chi connectivity index (χ0v) is 55.4. The minimum absolute atomic E-state index is 0.0158. The minimum Gasteiger partial charge on any atom is -0.385 e. The predicted molar refractivity (Wildman–Crippen MR) is 321 cm³/mol. The molecule has 0 saturated carbocycles. The number of carbonyl (C=O) groups is 8. The van der Waals surface area contributed by atoms with E-state index >= 15 is 0 Å². The summed E-state index contributed by atoms with van der Waals surface area (Å²) < 4.78 is 45.7. The first-order valence-electron chi connectivity index (χ1n) is 27.0. The Balaban J connectivity index is 0. The molecule has 0 aliphatic carbocycles. The lowest BCUT2D eigenvalue weighted by atomic mass is 9.83. The maximum atomic E-state index is 12.2. The van der Waals surface area contributed by atoms with Gasteiger partial charge in [0.1, 0.15) is 36.0 Å². The molecule has 0 bridgehead atoms. The van der Waals surface area contributed by atoms with Crippen LogP contribution in [0.25, 0.3) is 0 Å². The van der Waals surface area contributed by atoms with Crippen molar-refractivity contribution in [2.75, 3.05) is 69.0 Å². The molecule has 28 nitrogen and oxygen atoms in total. The summed E-state index contributed by atoms with van der Waals surface area (Å²) >= 11 is 0. The molecule has 0 radical (unpaired) electrons. The van der Waals surface area contributed by atoms with E-state index in [1.165, 1.54) is 63.1 Å². The molecule has 0 heterocycles. The van der Waals surface area contributed by atoms with Gasteiger partial charge in [0.25, 0.3) is 0 Å². The Bertz CT molecular complexity index is 2120. The Labute approximate surface area is 508 Å². The second kappa shape index (κ2) is 42.2. The average Bonchev–Trinajstić information content (AvgIpc) is 3.41. The third-order valence-electron chi connectivity index (χ3n) is 12.4. The lowest BCUT2D eigenvalue weighted by Crippen LogP contribution is -2.46. The monoisotopic (exact) mass is 1340 g/mol. The fourth-order valence-electron chi connectivity index (χ4n) is 6.53. The molecule has 492 valence electrons. The zero-order valence-electron chi connectivity index (χ0n) is 49.4. The summed E-state index contributed by atoms with van der Waals surface area (Å²) in [6.45, 7) is 13.5. The van der Waals surface area contributed by atoms with E-state index in [0.717, 1.165) is 5.75 Å². The number of hydrogen-bond acceptors (Lipinski definition) is 22. The second-order valence-electron chi connectivity index (χ2n) is 22.2. The van der Waals surface area contributed by atoms with Gasteiger partial charge in [0.2, 0.25) is 23.6 Å². The highest BCUT2D eigenvalue weighted by Crippen LogP contribution is 2.41. The van der Waals surface area contributed by atoms with Crippen molar-refractivity contribution in [1.82, 2.24) is 21.3 Å². The molecule has 0 aliphatic heterocycles. The fraction of sp³-hybridized carbons (Fsp3) is 0.837. The first-order valence-corrected chi connectivity index (χ1v) is 36.6. The van der Waals surface area contributed by atoms with Crippen LogP contribution >= 0.6 is 66.6 Å². The molecular formula is C49H93N4O24P3S4. The first-order chi connectivity index (χ1) is 38.5. The molecule has 4 amide bonds. The van der Waals surface area contributed by atoms with Crippen molar-refractivity contribution < 1.29 is 115 Å². The van der Waals surface area contributed by atoms with Gasteiger partial charge < -0.3 is 71.1 Å². The zero-order chi connectivity index (χ0) is 65.2. The highest BCUT2D eigenvalue weighted by molar-refractivity contribution is 8.77. The van der Waals surface area contributed by atoms with E-state index in [2.05, 4.69) is 34.8 Å². The maximum Gasteiger partial charge on any atom is 0.469 e. The Kier molecular flexibility index (Phi) is 42.3. The number of phosphoric acid groups is 3. The molecule has 0 fully saturated rings. The van der Waals surface area contributed by atoms with E-state index in [9.17, 15) is 72.5 Å². The van der Waals surface area contributed by atoms with Crippen molar-refractivity contribution in [3.8, 4) is 0 Å². The fourth-order valence-corrected chi connectivity index (χ4v) is 12.0. The van der Waals surface area contributed by atoms with Gasteiger partial charge in [-0.1, -0.05) is 105 Å². The summed E-state index contributed by atoms with van der Waals surface area (Å²) in [7, 11) is -7.99. The normalized spacial score (nSPS) is 14.0. The number of hydrogen-bond donors (Lipinski definition) is 14. The molecule has 0 aliphatic rings. The van der Waals surface area contributed by atoms with Gasteiger partial charge in [0, 0.05) is 117 Å². The van der Waals surface area contributed by atoms with Crippen LogP contribution in [0.5, 0.6) is 0 Å². The SMILES string of the molecule is CC(C)(COP(=O)(O)O)[C@@H](O)C(=O)CCCC(=O)CCCSSCCNC(=O)CCNC(=O)[C@H](O)C(C)(C)COP(=O)(O)O.CCC(C)(C)[C@@H](O)C(=O)NCCC(=O)NCCSSCCCC(=O)CCCC(=O)[C@H](O)C(C)(C)COP(=O)(O)O. The van der Waals surface area contributed by atoms with Crippen LogP contribution in [-0.2, 0) is 65.6 Å². The number of nitrogens with one attached hydrogen (secondary N) is 4. The van der Waals surface area contributed by atoms with Crippen LogP contribution in [0.2, 0.25) is 0 Å². The van der Waals surface area contributed by atoms with Gasteiger partial charge in [-0.2, -0.15) is 0 Å². The minimum atomic E-state index is -4.76. The van der Waals surface area contributed by atoms with Crippen LogP contribution in [0.1, 0.15) is 146 Å². The standard InChI is InChI=1S/C25H47N2O10PS2.C24H46N2O14P2S2/c1-6-24(2,3)22(32)23(33)27-13-12-20(30)26-14-16-40-39-15-8-10-18(28)9-7-11-19(29)21(31)25(4,5)17-37-38(34,35)36;1-23(2,15-39-41(33,34)35)20(30)18(28)9-5-7-17(27)8-6-13-43-44-14-12-25-19(29)10-11-26-22(32)21(31)24(3,4)16-40-42(36,37)38/h21-22,31-32H,6-17H2,1-5H3,(H,26,30)(H,27,33)(H2,34,35,36);20-21,30-31H,5-16H2,1-4H3,(H,25,29)(H,26,32)(H2,33,34,35)(H2,36,37,38)/t21-,22-;20-,21-/m00/s1. The van der Waals surface area contributed by atoms with E-state index in [1.54, 1.807) is 35.4 Å². The number of carbonyl (C=O) groups excluding carboxylic acids is 8. The van der Waals surface area contributed by atoms with Crippen molar-refractivity contribution in [2.45, 2.75) is 170 Å². The summed E-state index contributed by atoms with van der Waals surface area (Å²) in [5, 5.41) is 51.0. The van der Waals surface area contributed by atoms with E-state index in [1.807, 2.05) is 6.92 Å². The summed E-state index contributed by atoms with van der Waals surface area (Å²) in [5.41, 5.74) is -4.21. The lowest BCUT2D eigenvalue weighted by Gasteiger charge is -2.29. The maximum absolute atomic E-state index is 12.2. The number of phosphoric ester groups is 3. The third kappa shape index (κ3) is 42.9. The molecule has 0 aromatic heterocycles. The lowest BCUT2D eigenvalue weighted by molar-refractivity contribution is -0.137. The number of aliphatic hydroxyl groups excluding tert-OH is 4. The highest BCUT2D eigenvalue weighted by atomic mass is 33.1. The molecule has 0 aromatic carbocycles.